The van der Waals surface area contributed by atoms with Crippen LogP contribution in [0.15, 0.2) is 58.6 Å². The average molecular weight is 459 g/mol. The fraction of sp³-hybridized carbons (Fsp3) is 0.190. The molecule has 0 heterocycles. The third-order valence-corrected chi connectivity index (χ3v) is 4.22. The zero-order valence-corrected chi connectivity index (χ0v) is 17.3. The van der Waals surface area contributed by atoms with E-state index in [-0.39, 0.29) is 12.2 Å². The Morgan fingerprint density at radius 1 is 1.17 bits per heavy atom. The largest absolute Gasteiger partial charge is 0.481 e. The van der Waals surface area contributed by atoms with Crippen LogP contribution in [-0.2, 0) is 14.3 Å². The van der Waals surface area contributed by atoms with E-state index < -0.39 is 11.9 Å². The van der Waals surface area contributed by atoms with Gasteiger partial charge in [-0.25, -0.2) is 4.79 Å². The van der Waals surface area contributed by atoms with Crippen LogP contribution in [-0.4, -0.2) is 38.7 Å². The van der Waals surface area contributed by atoms with Crippen molar-refractivity contribution >= 4 is 33.9 Å². The maximum absolute atomic E-state index is 11.9. The molecule has 2 aromatic carbocycles. The van der Waals surface area contributed by atoms with Crippen molar-refractivity contribution in [3.05, 3.63) is 64.1 Å². The van der Waals surface area contributed by atoms with E-state index in [2.05, 4.69) is 21.2 Å². The van der Waals surface area contributed by atoms with E-state index >= 15 is 0 Å². The summed E-state index contributed by atoms with van der Waals surface area (Å²) in [5.41, 5.74) is 0.584. The molecule has 2 aromatic rings. The smallest absolute Gasteiger partial charge is 0.349 e. The van der Waals surface area contributed by atoms with Gasteiger partial charge in [-0.1, -0.05) is 24.3 Å². The number of hydrogen-bond acceptors (Lipinski definition) is 6. The highest BCUT2D eigenvalue weighted by Crippen LogP contribution is 2.23. The summed E-state index contributed by atoms with van der Waals surface area (Å²) in [6, 6.07) is 15.4. The van der Waals surface area contributed by atoms with E-state index in [1.54, 1.807) is 42.5 Å². The highest BCUT2D eigenvalue weighted by Gasteiger charge is 2.10. The minimum absolute atomic E-state index is 0.0346. The van der Waals surface area contributed by atoms with Crippen molar-refractivity contribution in [1.29, 1.82) is 5.26 Å². The summed E-state index contributed by atoms with van der Waals surface area (Å²) in [6.07, 6.45) is 1.45. The van der Waals surface area contributed by atoms with Crippen LogP contribution < -0.4 is 14.8 Å². The lowest BCUT2D eigenvalue weighted by Gasteiger charge is -2.08. The van der Waals surface area contributed by atoms with Crippen LogP contribution in [0.3, 0.4) is 0 Å². The van der Waals surface area contributed by atoms with Gasteiger partial charge in [0, 0.05) is 13.7 Å². The van der Waals surface area contributed by atoms with Gasteiger partial charge in [0.15, 0.2) is 6.61 Å². The van der Waals surface area contributed by atoms with Gasteiger partial charge in [0.1, 0.15) is 23.1 Å². The number of carbonyl (C=O) groups is 2. The Morgan fingerprint density at radius 3 is 2.55 bits per heavy atom. The number of methoxy groups -OCH3 is 1. The molecule has 0 atom stereocenters. The summed E-state index contributed by atoms with van der Waals surface area (Å²) in [7, 11) is 1.52. The lowest BCUT2D eigenvalue weighted by molar-refractivity contribution is -0.136. The number of amides is 1. The normalized spacial score (nSPS) is 10.7. The zero-order chi connectivity index (χ0) is 21.1. The van der Waals surface area contributed by atoms with Crippen molar-refractivity contribution in [3.8, 4) is 17.6 Å². The van der Waals surface area contributed by atoms with Crippen LogP contribution in [0.2, 0.25) is 0 Å². The number of halogens is 1. The summed E-state index contributed by atoms with van der Waals surface area (Å²) in [6.45, 7) is 0.421. The van der Waals surface area contributed by atoms with Gasteiger partial charge in [0.25, 0.3) is 5.91 Å². The van der Waals surface area contributed by atoms with E-state index in [4.69, 9.17) is 19.5 Å². The molecule has 0 unspecified atom stereocenters. The zero-order valence-electron chi connectivity index (χ0n) is 15.7. The quantitative estimate of drug-likeness (QED) is 0.204. The first-order valence-electron chi connectivity index (χ1n) is 8.60. The molecule has 7 nitrogen and oxygen atoms in total. The van der Waals surface area contributed by atoms with Gasteiger partial charge in [-0.2, -0.15) is 5.26 Å². The molecule has 0 aliphatic heterocycles. The highest BCUT2D eigenvalue weighted by molar-refractivity contribution is 9.10. The molecule has 150 valence electrons. The molecular formula is C21H19BrN2O5. The van der Waals surface area contributed by atoms with E-state index in [1.165, 1.54) is 13.2 Å². The first-order valence-corrected chi connectivity index (χ1v) is 9.39. The fourth-order valence-electron chi connectivity index (χ4n) is 2.17. The van der Waals surface area contributed by atoms with Crippen molar-refractivity contribution in [2.24, 2.45) is 0 Å². The van der Waals surface area contributed by atoms with Crippen LogP contribution in [0.1, 0.15) is 5.56 Å². The number of nitriles is 1. The van der Waals surface area contributed by atoms with Gasteiger partial charge in [-0.05, 0) is 51.8 Å². The van der Waals surface area contributed by atoms with E-state index in [0.717, 1.165) is 4.47 Å². The Kier molecular flexibility index (Phi) is 8.89. The minimum Gasteiger partial charge on any atom is -0.481 e. The molecule has 0 fully saturated rings. The molecule has 0 saturated carbocycles. The second kappa shape index (κ2) is 11.6. The summed E-state index contributed by atoms with van der Waals surface area (Å²) >= 11 is 3.33. The third-order valence-electron chi connectivity index (χ3n) is 3.56. The molecule has 0 spiro atoms. The van der Waals surface area contributed by atoms with Gasteiger partial charge < -0.3 is 19.5 Å². The number of carbonyl (C=O) groups excluding carboxylic acids is 2. The topological polar surface area (TPSA) is 97.6 Å². The second-order valence-electron chi connectivity index (χ2n) is 5.68. The molecule has 8 heteroatoms. The number of hydrogen-bond donors (Lipinski definition) is 1. The maximum atomic E-state index is 11.9. The van der Waals surface area contributed by atoms with Crippen LogP contribution >= 0.6 is 15.9 Å². The number of rotatable bonds is 9. The number of nitrogens with one attached hydrogen (secondary N) is 1. The maximum Gasteiger partial charge on any atom is 0.349 e. The number of ether oxygens (including phenoxy) is 3. The van der Waals surface area contributed by atoms with Crippen molar-refractivity contribution < 1.29 is 23.8 Å². The van der Waals surface area contributed by atoms with Crippen molar-refractivity contribution in [1.82, 2.24) is 5.32 Å². The van der Waals surface area contributed by atoms with E-state index in [0.29, 0.717) is 30.2 Å². The molecule has 1 amide bonds. The lowest BCUT2D eigenvalue weighted by atomic mass is 10.1. The highest BCUT2D eigenvalue weighted by atomic mass is 79.9. The first kappa shape index (κ1) is 22.1. The van der Waals surface area contributed by atoms with Gasteiger partial charge in [0.05, 0.1) is 11.1 Å². The Labute approximate surface area is 177 Å². The number of esters is 1. The summed E-state index contributed by atoms with van der Waals surface area (Å²) < 4.78 is 16.2. The number of nitrogens with zero attached hydrogens (tertiary/aromatic N) is 1. The van der Waals surface area contributed by atoms with Crippen LogP contribution in [0.4, 0.5) is 0 Å². The van der Waals surface area contributed by atoms with Crippen LogP contribution in [0.25, 0.3) is 6.08 Å². The van der Waals surface area contributed by atoms with Crippen molar-refractivity contribution in [3.63, 3.8) is 0 Å². The monoisotopic (exact) mass is 458 g/mol. The predicted molar refractivity (Wildman–Crippen MR) is 110 cm³/mol. The van der Waals surface area contributed by atoms with Crippen LogP contribution in [0.5, 0.6) is 11.5 Å². The number of para-hydroxylation sites is 1. The summed E-state index contributed by atoms with van der Waals surface area (Å²) in [5.74, 6) is -0.174. The molecule has 0 saturated heterocycles. The molecular weight excluding hydrogens is 440 g/mol. The van der Waals surface area contributed by atoms with E-state index in [9.17, 15) is 9.59 Å². The van der Waals surface area contributed by atoms with Crippen molar-refractivity contribution in [2.45, 2.75) is 0 Å². The first-order chi connectivity index (χ1) is 14.0. The molecule has 0 radical (unpaired) electrons. The summed E-state index contributed by atoms with van der Waals surface area (Å²) in [4.78, 5) is 23.9. The molecule has 2 rings (SSSR count). The standard InChI is InChI=1S/C21H19BrN2O5/c1-27-11-10-24-21(26)16(13-23)12-15-6-8-17(9-7-15)29-20(25)14-28-19-5-3-2-4-18(19)22/h2-9,12H,10-11,14H2,1H3,(H,24,26)/b16-12+. The van der Waals surface area contributed by atoms with Gasteiger partial charge in [-0.3, -0.25) is 4.79 Å². The Morgan fingerprint density at radius 2 is 1.90 bits per heavy atom. The van der Waals surface area contributed by atoms with Crippen LogP contribution in [0, 0.1) is 11.3 Å². The molecule has 0 aliphatic rings. The molecule has 1 N–H and O–H groups in total. The summed E-state index contributed by atoms with van der Waals surface area (Å²) in [5, 5.41) is 11.7. The molecule has 0 aromatic heterocycles. The van der Waals surface area contributed by atoms with Gasteiger partial charge in [-0.15, -0.1) is 0 Å². The molecule has 0 bridgehead atoms. The molecule has 0 aliphatic carbocycles. The van der Waals surface area contributed by atoms with Crippen molar-refractivity contribution in [2.75, 3.05) is 26.9 Å². The number of benzene rings is 2. The average Bonchev–Trinajstić information content (AvgIpc) is 2.72. The Bertz CT molecular complexity index is 919. The van der Waals surface area contributed by atoms with Gasteiger partial charge >= 0.3 is 5.97 Å². The SMILES string of the molecule is COCCNC(=O)/C(C#N)=C/c1ccc(OC(=O)COc2ccccc2Br)cc1. The molecule has 29 heavy (non-hydrogen) atoms. The fourth-order valence-corrected chi connectivity index (χ4v) is 2.57. The van der Waals surface area contributed by atoms with E-state index in [1.807, 2.05) is 12.1 Å². The second-order valence-corrected chi connectivity index (χ2v) is 6.54. The van der Waals surface area contributed by atoms with Gasteiger partial charge in [0.2, 0.25) is 0 Å². The third kappa shape index (κ3) is 7.41. The Hall–Kier alpha value is -3.15. The lowest BCUT2D eigenvalue weighted by Crippen LogP contribution is -2.27. The predicted octanol–water partition coefficient (Wildman–Crippen LogP) is 3.10. The minimum atomic E-state index is -0.556. The Balaban J connectivity index is 1.91.